The Labute approximate surface area is 222 Å². The number of pyridine rings is 1. The van der Waals surface area contributed by atoms with Gasteiger partial charge in [-0.3, -0.25) is 9.69 Å². The van der Waals surface area contributed by atoms with E-state index in [9.17, 15) is 4.79 Å². The van der Waals surface area contributed by atoms with Crippen molar-refractivity contribution in [3.05, 3.63) is 75.3 Å². The van der Waals surface area contributed by atoms with Crippen LogP contribution in [-0.4, -0.2) is 63.4 Å². The molecular weight excluding hydrogens is 478 g/mol. The number of nitrogens with one attached hydrogen (secondary N) is 1. The van der Waals surface area contributed by atoms with Gasteiger partial charge in [-0.2, -0.15) is 0 Å². The van der Waals surface area contributed by atoms with Gasteiger partial charge in [0.25, 0.3) is 5.56 Å². The Kier molecular flexibility index (Phi) is 6.61. The van der Waals surface area contributed by atoms with Crippen molar-refractivity contribution in [1.82, 2.24) is 30.1 Å². The van der Waals surface area contributed by atoms with Crippen LogP contribution in [0.15, 0.2) is 47.3 Å². The lowest BCUT2D eigenvalue weighted by atomic mass is 10.0. The molecule has 6 rings (SSSR count). The van der Waals surface area contributed by atoms with Crippen molar-refractivity contribution in [3.8, 4) is 5.75 Å². The molecule has 0 unspecified atom stereocenters. The van der Waals surface area contributed by atoms with E-state index in [1.807, 2.05) is 28.9 Å². The van der Waals surface area contributed by atoms with Gasteiger partial charge < -0.3 is 14.6 Å². The molecule has 4 aromatic rings. The molecule has 0 bridgehead atoms. The summed E-state index contributed by atoms with van der Waals surface area (Å²) in [5.41, 5.74) is 5.26. The minimum absolute atomic E-state index is 0.106. The fraction of sp³-hybridized carbons (Fsp3) is 0.448. The third-order valence-corrected chi connectivity index (χ3v) is 8.40. The predicted molar refractivity (Wildman–Crippen MR) is 148 cm³/mol. The Bertz CT molecular complexity index is 1500. The lowest BCUT2D eigenvalue weighted by molar-refractivity contribution is 0.196. The fourth-order valence-corrected chi connectivity index (χ4v) is 6.12. The van der Waals surface area contributed by atoms with Crippen LogP contribution in [0.5, 0.6) is 5.75 Å². The van der Waals surface area contributed by atoms with Gasteiger partial charge in [-0.1, -0.05) is 25.0 Å². The molecular formula is C29H35N7O2. The molecule has 1 saturated carbocycles. The van der Waals surface area contributed by atoms with Gasteiger partial charge in [0, 0.05) is 48.3 Å². The topological polar surface area (TPSA) is 92.2 Å². The molecule has 9 nitrogen and oxygen atoms in total. The number of aryl methyl sites for hydroxylation is 1. The number of anilines is 1. The minimum Gasteiger partial charge on any atom is -0.497 e. The molecule has 0 spiro atoms. The summed E-state index contributed by atoms with van der Waals surface area (Å²) in [5, 5.41) is 14.0. The number of H-pyrrole nitrogens is 1. The van der Waals surface area contributed by atoms with E-state index in [0.717, 1.165) is 61.5 Å². The number of hydrogen-bond donors (Lipinski definition) is 1. The molecule has 0 radical (unpaired) electrons. The van der Waals surface area contributed by atoms with Crippen LogP contribution in [0.3, 0.4) is 0 Å². The third-order valence-electron chi connectivity index (χ3n) is 8.40. The van der Waals surface area contributed by atoms with Crippen molar-refractivity contribution in [1.29, 1.82) is 0 Å². The smallest absolute Gasteiger partial charge is 0.253 e. The molecule has 0 amide bonds. The Morgan fingerprint density at radius 1 is 1.03 bits per heavy atom. The van der Waals surface area contributed by atoms with Gasteiger partial charge in [-0.05, 0) is 78.6 Å². The first-order valence-corrected chi connectivity index (χ1v) is 13.6. The summed E-state index contributed by atoms with van der Waals surface area (Å²) in [6.45, 7) is 7.68. The van der Waals surface area contributed by atoms with Gasteiger partial charge in [-0.25, -0.2) is 4.68 Å². The van der Waals surface area contributed by atoms with E-state index in [4.69, 9.17) is 4.74 Å². The number of methoxy groups -OCH3 is 1. The molecule has 198 valence electrons. The maximum absolute atomic E-state index is 13.6. The van der Waals surface area contributed by atoms with E-state index in [1.54, 1.807) is 7.11 Å². The molecule has 2 fully saturated rings. The van der Waals surface area contributed by atoms with Crippen molar-refractivity contribution in [2.24, 2.45) is 0 Å². The Morgan fingerprint density at radius 3 is 2.58 bits per heavy atom. The molecule has 1 N–H and O–H groups in total. The summed E-state index contributed by atoms with van der Waals surface area (Å²) in [4.78, 5) is 21.5. The van der Waals surface area contributed by atoms with Crippen molar-refractivity contribution in [2.45, 2.75) is 51.6 Å². The van der Waals surface area contributed by atoms with E-state index in [0.29, 0.717) is 5.56 Å². The SMILES string of the molecule is COc1ccc2[nH]c(=O)c([C@@H](c3nnnn3C3CCCC3)N3CCN(c4cccc(C)c4C)CC3)cc2c1. The second kappa shape index (κ2) is 10.2. The normalized spacial score (nSPS) is 17.8. The number of piperazine rings is 1. The largest absolute Gasteiger partial charge is 0.497 e. The zero-order chi connectivity index (χ0) is 26.2. The molecule has 1 aliphatic heterocycles. The molecule has 1 saturated heterocycles. The number of rotatable bonds is 6. The van der Waals surface area contributed by atoms with E-state index in [-0.39, 0.29) is 17.6 Å². The Hall–Kier alpha value is -3.72. The molecule has 1 atom stereocenters. The van der Waals surface area contributed by atoms with Gasteiger partial charge in [0.2, 0.25) is 0 Å². The number of benzene rings is 2. The summed E-state index contributed by atoms with van der Waals surface area (Å²) < 4.78 is 7.45. The van der Waals surface area contributed by atoms with Gasteiger partial charge in [0.15, 0.2) is 5.82 Å². The first-order valence-electron chi connectivity index (χ1n) is 13.6. The van der Waals surface area contributed by atoms with E-state index < -0.39 is 0 Å². The van der Waals surface area contributed by atoms with Gasteiger partial charge >= 0.3 is 0 Å². The number of ether oxygens (including phenoxy) is 1. The average molecular weight is 514 g/mol. The number of tetrazole rings is 1. The van der Waals surface area contributed by atoms with Crippen LogP contribution in [-0.2, 0) is 0 Å². The molecule has 2 aliphatic rings. The molecule has 38 heavy (non-hydrogen) atoms. The Balaban J connectivity index is 1.39. The van der Waals surface area contributed by atoms with E-state index in [1.165, 1.54) is 29.7 Å². The highest BCUT2D eigenvalue weighted by atomic mass is 16.5. The molecule has 2 aromatic carbocycles. The van der Waals surface area contributed by atoms with Gasteiger partial charge in [0.1, 0.15) is 11.8 Å². The number of nitrogens with zero attached hydrogens (tertiary/aromatic N) is 6. The lowest BCUT2D eigenvalue weighted by Gasteiger charge is -2.40. The third kappa shape index (κ3) is 4.45. The van der Waals surface area contributed by atoms with Crippen molar-refractivity contribution in [2.75, 3.05) is 38.2 Å². The molecule has 9 heteroatoms. The highest BCUT2D eigenvalue weighted by Crippen LogP contribution is 2.35. The standard InChI is InChI=1S/C29H35N7O2/c1-19-7-6-10-26(20(19)2)34-13-15-35(16-14-34)27(28-31-32-33-36(28)22-8-4-5-9-22)24-18-21-17-23(38-3)11-12-25(21)30-29(24)37/h6-7,10-12,17-18,22,27H,4-5,8-9,13-16H2,1-3H3,(H,30,37)/t27-/m0/s1. The molecule has 1 aliphatic carbocycles. The van der Waals surface area contributed by atoms with Crippen molar-refractivity contribution < 1.29 is 4.74 Å². The highest BCUT2D eigenvalue weighted by Gasteiger charge is 2.35. The van der Waals surface area contributed by atoms with Crippen molar-refractivity contribution >= 4 is 16.6 Å². The summed E-state index contributed by atoms with van der Waals surface area (Å²) in [7, 11) is 1.65. The quantitative estimate of drug-likeness (QED) is 0.414. The number of aromatic amines is 1. The first kappa shape index (κ1) is 24.6. The monoisotopic (exact) mass is 513 g/mol. The minimum atomic E-state index is -0.342. The first-order chi connectivity index (χ1) is 18.5. The molecule has 2 aromatic heterocycles. The number of hydrogen-bond acceptors (Lipinski definition) is 7. The lowest BCUT2D eigenvalue weighted by Crippen LogP contribution is -2.49. The maximum atomic E-state index is 13.6. The Morgan fingerprint density at radius 2 is 1.82 bits per heavy atom. The van der Waals surface area contributed by atoms with Crippen LogP contribution >= 0.6 is 0 Å². The summed E-state index contributed by atoms with van der Waals surface area (Å²) in [5.74, 6) is 1.51. The van der Waals surface area contributed by atoms with Gasteiger partial charge in [-0.15, -0.1) is 5.10 Å². The predicted octanol–water partition coefficient (Wildman–Crippen LogP) is 4.17. The van der Waals surface area contributed by atoms with Crippen LogP contribution in [0.25, 0.3) is 10.9 Å². The number of fused-ring (bicyclic) bond motifs is 1. The van der Waals surface area contributed by atoms with Crippen molar-refractivity contribution in [3.63, 3.8) is 0 Å². The number of aromatic nitrogens is 5. The van der Waals surface area contributed by atoms with Crippen LogP contribution < -0.4 is 15.2 Å². The highest BCUT2D eigenvalue weighted by molar-refractivity contribution is 5.80. The average Bonchev–Trinajstić information content (AvgIpc) is 3.63. The maximum Gasteiger partial charge on any atom is 0.253 e. The van der Waals surface area contributed by atoms with E-state index >= 15 is 0 Å². The van der Waals surface area contributed by atoms with Gasteiger partial charge in [0.05, 0.1) is 13.2 Å². The second-order valence-electron chi connectivity index (χ2n) is 10.6. The van der Waals surface area contributed by atoms with Crippen LogP contribution in [0.1, 0.15) is 60.3 Å². The summed E-state index contributed by atoms with van der Waals surface area (Å²) in [6, 6.07) is 14.1. The van der Waals surface area contributed by atoms with E-state index in [2.05, 4.69) is 62.4 Å². The second-order valence-corrected chi connectivity index (χ2v) is 10.6. The fourth-order valence-electron chi connectivity index (χ4n) is 6.12. The molecule has 3 heterocycles. The summed E-state index contributed by atoms with van der Waals surface area (Å²) >= 11 is 0. The zero-order valence-corrected chi connectivity index (χ0v) is 22.4. The van der Waals surface area contributed by atoms with Crippen LogP contribution in [0.2, 0.25) is 0 Å². The van der Waals surface area contributed by atoms with Crippen LogP contribution in [0, 0.1) is 13.8 Å². The van der Waals surface area contributed by atoms with Crippen LogP contribution in [0.4, 0.5) is 5.69 Å². The zero-order valence-electron chi connectivity index (χ0n) is 22.4. The summed E-state index contributed by atoms with van der Waals surface area (Å²) in [6.07, 6.45) is 4.49.